The van der Waals surface area contributed by atoms with E-state index in [4.69, 9.17) is 25.8 Å². The van der Waals surface area contributed by atoms with Crippen molar-refractivity contribution in [3.63, 3.8) is 0 Å². The predicted molar refractivity (Wildman–Crippen MR) is 98.5 cm³/mol. The van der Waals surface area contributed by atoms with Crippen molar-refractivity contribution in [2.75, 3.05) is 20.3 Å². The van der Waals surface area contributed by atoms with Crippen LogP contribution in [0, 0.1) is 11.8 Å². The number of fused-ring (bicyclic) bond motifs is 1. The molecule has 0 spiro atoms. The molecule has 1 heterocycles. The van der Waals surface area contributed by atoms with E-state index in [9.17, 15) is 14.4 Å². The van der Waals surface area contributed by atoms with Crippen LogP contribution in [0.2, 0.25) is 5.02 Å². The third-order valence-corrected chi connectivity index (χ3v) is 4.83. The molecule has 0 saturated heterocycles. The number of methoxy groups -OCH3 is 1. The van der Waals surface area contributed by atoms with Gasteiger partial charge in [0.15, 0.2) is 6.61 Å². The standard InChI is InChI=1S/C19H24ClNO6/c1-4-11(2)17(19(24)25-3)21-16(22)10-27-18(23)13-7-12-8-14(20)5-6-15(12)26-9-13/h5-6,8,11,13,17H,4,7,9-10H2,1-3H3,(H,21,22)/t11-,13-,17+/m1/s1. The molecule has 1 aliphatic rings. The van der Waals surface area contributed by atoms with E-state index >= 15 is 0 Å². The molecule has 0 unspecified atom stereocenters. The lowest BCUT2D eigenvalue weighted by Crippen LogP contribution is -2.47. The van der Waals surface area contributed by atoms with Crippen molar-refractivity contribution in [2.24, 2.45) is 11.8 Å². The van der Waals surface area contributed by atoms with Gasteiger partial charge in [-0.3, -0.25) is 9.59 Å². The van der Waals surface area contributed by atoms with Crippen molar-refractivity contribution >= 4 is 29.4 Å². The first-order valence-corrected chi connectivity index (χ1v) is 9.18. The maximum Gasteiger partial charge on any atom is 0.328 e. The van der Waals surface area contributed by atoms with E-state index in [1.165, 1.54) is 7.11 Å². The highest BCUT2D eigenvalue weighted by Gasteiger charge is 2.30. The Labute approximate surface area is 163 Å². The minimum absolute atomic E-state index is 0.106. The minimum Gasteiger partial charge on any atom is -0.492 e. The van der Waals surface area contributed by atoms with Crippen LogP contribution < -0.4 is 10.1 Å². The van der Waals surface area contributed by atoms with Gasteiger partial charge in [-0.2, -0.15) is 0 Å². The molecular formula is C19H24ClNO6. The van der Waals surface area contributed by atoms with E-state index in [1.807, 2.05) is 13.8 Å². The van der Waals surface area contributed by atoms with Crippen LogP contribution in [0.1, 0.15) is 25.8 Å². The number of nitrogens with one attached hydrogen (secondary N) is 1. The van der Waals surface area contributed by atoms with Gasteiger partial charge in [-0.15, -0.1) is 0 Å². The number of benzene rings is 1. The van der Waals surface area contributed by atoms with Crippen molar-refractivity contribution in [1.82, 2.24) is 5.32 Å². The summed E-state index contributed by atoms with van der Waals surface area (Å²) in [6, 6.07) is 4.45. The molecule has 3 atom stereocenters. The summed E-state index contributed by atoms with van der Waals surface area (Å²) in [6.07, 6.45) is 1.11. The molecule has 0 aromatic heterocycles. The Bertz CT molecular complexity index is 707. The summed E-state index contributed by atoms with van der Waals surface area (Å²) in [5.41, 5.74) is 0.822. The monoisotopic (exact) mass is 397 g/mol. The molecule has 27 heavy (non-hydrogen) atoms. The van der Waals surface area contributed by atoms with Crippen LogP contribution in [0.15, 0.2) is 18.2 Å². The van der Waals surface area contributed by atoms with Gasteiger partial charge in [-0.05, 0) is 36.1 Å². The Hall–Kier alpha value is -2.28. The third-order valence-electron chi connectivity index (χ3n) is 4.59. The number of hydrogen-bond acceptors (Lipinski definition) is 6. The number of halogens is 1. The van der Waals surface area contributed by atoms with E-state index in [0.29, 0.717) is 23.6 Å². The van der Waals surface area contributed by atoms with Crippen molar-refractivity contribution in [3.05, 3.63) is 28.8 Å². The molecule has 1 N–H and O–H groups in total. The second kappa shape index (κ2) is 9.60. The highest BCUT2D eigenvalue weighted by Crippen LogP contribution is 2.30. The summed E-state index contributed by atoms with van der Waals surface area (Å²) in [4.78, 5) is 36.1. The van der Waals surface area contributed by atoms with Gasteiger partial charge < -0.3 is 19.5 Å². The quantitative estimate of drug-likeness (QED) is 0.709. The van der Waals surface area contributed by atoms with Crippen molar-refractivity contribution < 1.29 is 28.6 Å². The van der Waals surface area contributed by atoms with Gasteiger partial charge in [0.05, 0.1) is 13.0 Å². The zero-order valence-electron chi connectivity index (χ0n) is 15.6. The van der Waals surface area contributed by atoms with Crippen LogP contribution in [0.3, 0.4) is 0 Å². The number of carbonyl (C=O) groups is 3. The maximum absolute atomic E-state index is 12.3. The van der Waals surface area contributed by atoms with E-state index in [1.54, 1.807) is 18.2 Å². The SMILES string of the molecule is CC[C@@H](C)[C@H](NC(=O)COC(=O)[C@H]1COc2ccc(Cl)cc2C1)C(=O)OC. The molecule has 8 heteroatoms. The van der Waals surface area contributed by atoms with Crippen LogP contribution >= 0.6 is 11.6 Å². The second-order valence-electron chi connectivity index (χ2n) is 6.53. The molecule has 1 aromatic rings. The molecule has 0 fully saturated rings. The fraction of sp³-hybridized carbons (Fsp3) is 0.526. The maximum atomic E-state index is 12.3. The molecule has 7 nitrogen and oxygen atoms in total. The van der Waals surface area contributed by atoms with Crippen LogP contribution in [-0.4, -0.2) is 44.2 Å². The summed E-state index contributed by atoms with van der Waals surface area (Å²) < 4.78 is 15.4. The summed E-state index contributed by atoms with van der Waals surface area (Å²) in [5.74, 6) is -1.55. The van der Waals surface area contributed by atoms with E-state index in [-0.39, 0.29) is 12.5 Å². The van der Waals surface area contributed by atoms with Gasteiger partial charge in [0.1, 0.15) is 18.4 Å². The Balaban J connectivity index is 1.87. The molecule has 1 amide bonds. The van der Waals surface area contributed by atoms with Crippen LogP contribution in [0.5, 0.6) is 5.75 Å². The van der Waals surface area contributed by atoms with E-state index < -0.39 is 36.4 Å². The molecule has 1 aromatic carbocycles. The first-order valence-electron chi connectivity index (χ1n) is 8.80. The van der Waals surface area contributed by atoms with Gasteiger partial charge in [0, 0.05) is 5.02 Å². The number of ether oxygens (including phenoxy) is 3. The smallest absolute Gasteiger partial charge is 0.328 e. The van der Waals surface area contributed by atoms with Crippen molar-refractivity contribution in [1.29, 1.82) is 0 Å². The Morgan fingerprint density at radius 2 is 2.11 bits per heavy atom. The lowest BCUT2D eigenvalue weighted by molar-refractivity contribution is -0.155. The lowest BCUT2D eigenvalue weighted by atomic mass is 9.97. The van der Waals surface area contributed by atoms with E-state index in [0.717, 1.165) is 5.56 Å². The summed E-state index contributed by atoms with van der Waals surface area (Å²) in [5, 5.41) is 3.12. The third kappa shape index (κ3) is 5.60. The first-order chi connectivity index (χ1) is 12.8. The van der Waals surface area contributed by atoms with Gasteiger partial charge in [0.2, 0.25) is 0 Å². The summed E-state index contributed by atoms with van der Waals surface area (Å²) in [6.45, 7) is 3.43. The van der Waals surface area contributed by atoms with Gasteiger partial charge >= 0.3 is 11.9 Å². The molecule has 148 valence electrons. The number of esters is 2. The summed E-state index contributed by atoms with van der Waals surface area (Å²) in [7, 11) is 1.26. The van der Waals surface area contributed by atoms with Crippen LogP contribution in [0.4, 0.5) is 0 Å². The Morgan fingerprint density at radius 3 is 2.78 bits per heavy atom. The molecule has 2 rings (SSSR count). The average molecular weight is 398 g/mol. The van der Waals surface area contributed by atoms with Crippen LogP contribution in [-0.2, 0) is 30.3 Å². The summed E-state index contributed by atoms with van der Waals surface area (Å²) >= 11 is 5.97. The highest BCUT2D eigenvalue weighted by atomic mass is 35.5. The number of rotatable bonds is 7. The normalized spacial score (nSPS) is 17.7. The van der Waals surface area contributed by atoms with Gasteiger partial charge in [0.25, 0.3) is 5.91 Å². The average Bonchev–Trinajstić information content (AvgIpc) is 2.68. The number of hydrogen-bond donors (Lipinski definition) is 1. The number of carbonyl (C=O) groups excluding carboxylic acids is 3. The molecule has 0 aliphatic carbocycles. The Morgan fingerprint density at radius 1 is 1.37 bits per heavy atom. The Kier molecular flexibility index (Phi) is 7.47. The topological polar surface area (TPSA) is 90.9 Å². The zero-order valence-corrected chi connectivity index (χ0v) is 16.4. The second-order valence-corrected chi connectivity index (χ2v) is 6.96. The molecule has 0 bridgehead atoms. The van der Waals surface area contributed by atoms with Crippen LogP contribution in [0.25, 0.3) is 0 Å². The lowest BCUT2D eigenvalue weighted by Gasteiger charge is -2.24. The largest absolute Gasteiger partial charge is 0.492 e. The molecule has 0 radical (unpaired) electrons. The fourth-order valence-corrected chi connectivity index (χ4v) is 2.97. The minimum atomic E-state index is -0.779. The van der Waals surface area contributed by atoms with Gasteiger partial charge in [-0.1, -0.05) is 31.9 Å². The molecular weight excluding hydrogens is 374 g/mol. The van der Waals surface area contributed by atoms with Crippen molar-refractivity contribution in [3.8, 4) is 5.75 Å². The van der Waals surface area contributed by atoms with Gasteiger partial charge in [-0.25, -0.2) is 4.79 Å². The predicted octanol–water partition coefficient (Wildman–Crippen LogP) is 2.14. The highest BCUT2D eigenvalue weighted by molar-refractivity contribution is 6.30. The van der Waals surface area contributed by atoms with E-state index in [2.05, 4.69) is 5.32 Å². The fourth-order valence-electron chi connectivity index (χ4n) is 2.78. The molecule has 1 aliphatic heterocycles. The number of amides is 1. The molecule has 0 saturated carbocycles. The van der Waals surface area contributed by atoms with Crippen molar-refractivity contribution in [2.45, 2.75) is 32.7 Å². The first kappa shape index (κ1) is 21.0. The zero-order chi connectivity index (χ0) is 20.0.